The highest BCUT2D eigenvalue weighted by Crippen LogP contribution is 2.27. The number of nitrogens with zero attached hydrogens (tertiary/aromatic N) is 1. The number of nitrogens with one attached hydrogen (secondary N) is 1. The average Bonchev–Trinajstić information content (AvgIpc) is 2.51. The number of pyridine rings is 1. The van der Waals surface area contributed by atoms with E-state index in [-0.39, 0.29) is 6.04 Å². The molecule has 3 nitrogen and oxygen atoms in total. The lowest BCUT2D eigenvalue weighted by Crippen LogP contribution is -2.29. The van der Waals surface area contributed by atoms with Crippen LogP contribution < -0.4 is 11.3 Å². The van der Waals surface area contributed by atoms with Gasteiger partial charge in [0.15, 0.2) is 0 Å². The molecule has 21 heavy (non-hydrogen) atoms. The van der Waals surface area contributed by atoms with E-state index in [1.165, 1.54) is 0 Å². The van der Waals surface area contributed by atoms with E-state index in [4.69, 9.17) is 17.4 Å². The van der Waals surface area contributed by atoms with Gasteiger partial charge in [-0.3, -0.25) is 10.8 Å². The molecule has 1 heterocycles. The van der Waals surface area contributed by atoms with Gasteiger partial charge in [-0.15, -0.1) is 0 Å². The topological polar surface area (TPSA) is 50.9 Å². The molecule has 2 aromatic carbocycles. The molecule has 0 fully saturated rings. The van der Waals surface area contributed by atoms with Crippen LogP contribution in [0.1, 0.15) is 22.7 Å². The first kappa shape index (κ1) is 14.0. The van der Waals surface area contributed by atoms with Crippen LogP contribution in [0.5, 0.6) is 0 Å². The van der Waals surface area contributed by atoms with E-state index in [9.17, 15) is 0 Å². The first-order valence-corrected chi connectivity index (χ1v) is 7.13. The average molecular weight is 298 g/mol. The van der Waals surface area contributed by atoms with Gasteiger partial charge < -0.3 is 0 Å². The van der Waals surface area contributed by atoms with Gasteiger partial charge in [0, 0.05) is 16.6 Å². The van der Waals surface area contributed by atoms with Crippen molar-refractivity contribution in [3.63, 3.8) is 0 Å². The Labute approximate surface area is 128 Å². The Bertz CT molecular complexity index is 786. The highest BCUT2D eigenvalue weighted by atomic mass is 35.5. The summed E-state index contributed by atoms with van der Waals surface area (Å²) in [5.41, 5.74) is 6.90. The normalized spacial score (nSPS) is 12.5. The molecule has 106 valence electrons. The molecule has 0 spiro atoms. The molecule has 1 atom stereocenters. The predicted molar refractivity (Wildman–Crippen MR) is 87.1 cm³/mol. The molecule has 3 rings (SSSR count). The van der Waals surface area contributed by atoms with Gasteiger partial charge >= 0.3 is 0 Å². The van der Waals surface area contributed by atoms with Crippen molar-refractivity contribution >= 4 is 22.5 Å². The number of hydrazine groups is 1. The van der Waals surface area contributed by atoms with E-state index in [2.05, 4.69) is 16.5 Å². The summed E-state index contributed by atoms with van der Waals surface area (Å²) in [6.45, 7) is 1.98. The van der Waals surface area contributed by atoms with Gasteiger partial charge in [-0.05, 0) is 41.8 Å². The lowest BCUT2D eigenvalue weighted by atomic mass is 9.98. The van der Waals surface area contributed by atoms with Crippen molar-refractivity contribution in [2.75, 3.05) is 0 Å². The molecule has 0 saturated heterocycles. The Morgan fingerprint density at radius 2 is 1.90 bits per heavy atom. The summed E-state index contributed by atoms with van der Waals surface area (Å²) < 4.78 is 0. The van der Waals surface area contributed by atoms with Crippen LogP contribution in [-0.2, 0) is 0 Å². The number of halogens is 1. The van der Waals surface area contributed by atoms with E-state index in [1.807, 2.05) is 55.6 Å². The molecule has 0 saturated carbocycles. The molecular weight excluding hydrogens is 282 g/mol. The molecule has 0 aliphatic rings. The number of aryl methyl sites for hydroxylation is 1. The zero-order valence-electron chi connectivity index (χ0n) is 11.7. The molecule has 0 bridgehead atoms. The van der Waals surface area contributed by atoms with Crippen LogP contribution in [0, 0.1) is 6.92 Å². The molecule has 0 amide bonds. The summed E-state index contributed by atoms with van der Waals surface area (Å²) >= 11 is 6.21. The quantitative estimate of drug-likeness (QED) is 0.572. The van der Waals surface area contributed by atoms with E-state index in [0.29, 0.717) is 0 Å². The molecular formula is C17H16ClN3. The zero-order valence-corrected chi connectivity index (χ0v) is 12.4. The van der Waals surface area contributed by atoms with Crippen LogP contribution in [0.3, 0.4) is 0 Å². The molecule has 0 aliphatic heterocycles. The minimum atomic E-state index is -0.139. The highest BCUT2D eigenvalue weighted by molar-refractivity contribution is 6.31. The Balaban J connectivity index is 2.06. The van der Waals surface area contributed by atoms with Crippen molar-refractivity contribution in [3.8, 4) is 0 Å². The van der Waals surface area contributed by atoms with Crippen molar-refractivity contribution in [2.45, 2.75) is 13.0 Å². The fourth-order valence-corrected chi connectivity index (χ4v) is 2.61. The molecule has 3 N–H and O–H groups in total. The number of fused-ring (bicyclic) bond motifs is 1. The first-order chi connectivity index (χ1) is 10.2. The fourth-order valence-electron chi connectivity index (χ4n) is 2.42. The van der Waals surface area contributed by atoms with Crippen LogP contribution in [-0.4, -0.2) is 4.98 Å². The second kappa shape index (κ2) is 5.82. The van der Waals surface area contributed by atoms with Crippen molar-refractivity contribution in [3.05, 3.63) is 76.4 Å². The predicted octanol–water partition coefficient (Wildman–Crippen LogP) is 3.75. The second-order valence-corrected chi connectivity index (χ2v) is 5.48. The summed E-state index contributed by atoms with van der Waals surface area (Å²) in [5.74, 6) is 5.75. The first-order valence-electron chi connectivity index (χ1n) is 6.76. The Kier molecular flexibility index (Phi) is 3.88. The monoisotopic (exact) mass is 297 g/mol. The van der Waals surface area contributed by atoms with Gasteiger partial charge in [0.1, 0.15) is 0 Å². The lowest BCUT2D eigenvalue weighted by Gasteiger charge is -2.18. The minimum Gasteiger partial charge on any atom is -0.271 e. The van der Waals surface area contributed by atoms with Gasteiger partial charge in [0.25, 0.3) is 0 Å². The third-order valence-corrected chi connectivity index (χ3v) is 4.05. The van der Waals surface area contributed by atoms with Gasteiger partial charge in [-0.1, -0.05) is 41.9 Å². The smallest absolute Gasteiger partial charge is 0.0725 e. The van der Waals surface area contributed by atoms with Crippen LogP contribution in [0.4, 0.5) is 0 Å². The lowest BCUT2D eigenvalue weighted by molar-refractivity contribution is 0.635. The maximum atomic E-state index is 6.21. The molecule has 0 radical (unpaired) electrons. The zero-order chi connectivity index (χ0) is 14.8. The third kappa shape index (κ3) is 2.76. The summed E-state index contributed by atoms with van der Waals surface area (Å²) in [6.07, 6.45) is 1.85. The number of hydrogen-bond donors (Lipinski definition) is 2. The van der Waals surface area contributed by atoms with E-state index < -0.39 is 0 Å². The second-order valence-electron chi connectivity index (χ2n) is 5.07. The van der Waals surface area contributed by atoms with Gasteiger partial charge in [0.05, 0.1) is 11.6 Å². The Morgan fingerprint density at radius 1 is 1.10 bits per heavy atom. The number of benzene rings is 2. The molecule has 0 aliphatic carbocycles. The fraction of sp³-hybridized carbons (Fsp3) is 0.118. The largest absolute Gasteiger partial charge is 0.271 e. The molecule has 1 unspecified atom stereocenters. The van der Waals surface area contributed by atoms with E-state index in [1.54, 1.807) is 0 Å². The van der Waals surface area contributed by atoms with Crippen molar-refractivity contribution in [1.82, 2.24) is 10.4 Å². The molecule has 1 aromatic heterocycles. The van der Waals surface area contributed by atoms with Crippen LogP contribution >= 0.6 is 11.6 Å². The van der Waals surface area contributed by atoms with Gasteiger partial charge in [0.2, 0.25) is 0 Å². The Morgan fingerprint density at radius 3 is 2.67 bits per heavy atom. The van der Waals surface area contributed by atoms with Crippen LogP contribution in [0.2, 0.25) is 5.02 Å². The van der Waals surface area contributed by atoms with E-state index in [0.717, 1.165) is 32.6 Å². The van der Waals surface area contributed by atoms with Crippen molar-refractivity contribution in [1.29, 1.82) is 0 Å². The molecule has 4 heteroatoms. The summed E-state index contributed by atoms with van der Waals surface area (Å²) in [4.78, 5) is 4.49. The van der Waals surface area contributed by atoms with Gasteiger partial charge in [-0.25, -0.2) is 5.43 Å². The molecule has 3 aromatic rings. The number of hydrogen-bond acceptors (Lipinski definition) is 3. The van der Waals surface area contributed by atoms with Crippen LogP contribution in [0.15, 0.2) is 54.7 Å². The van der Waals surface area contributed by atoms with E-state index >= 15 is 0 Å². The minimum absolute atomic E-state index is 0.139. The summed E-state index contributed by atoms with van der Waals surface area (Å²) in [6, 6.07) is 15.9. The maximum absolute atomic E-state index is 6.21. The summed E-state index contributed by atoms with van der Waals surface area (Å²) in [7, 11) is 0. The Hall–Kier alpha value is -1.94. The van der Waals surface area contributed by atoms with Gasteiger partial charge in [-0.2, -0.15) is 0 Å². The number of rotatable bonds is 3. The number of para-hydroxylation sites is 1. The number of nitrogens with two attached hydrogens (primary N) is 1. The highest BCUT2D eigenvalue weighted by Gasteiger charge is 2.14. The summed E-state index contributed by atoms with van der Waals surface area (Å²) in [5, 5.41) is 1.83. The maximum Gasteiger partial charge on any atom is 0.0725 e. The standard InChI is InChI=1S/C17H16ClN3/c1-11-6-7-13(9-15(11)18)17(21-19)14-8-12-4-2-3-5-16(12)20-10-14/h2-10,17,21H,19H2,1H3. The number of aromatic nitrogens is 1. The SMILES string of the molecule is Cc1ccc(C(NN)c2cnc3ccccc3c2)cc1Cl. The van der Waals surface area contributed by atoms with Crippen molar-refractivity contribution < 1.29 is 0 Å². The third-order valence-electron chi connectivity index (χ3n) is 3.64. The van der Waals surface area contributed by atoms with Crippen molar-refractivity contribution in [2.24, 2.45) is 5.84 Å². The van der Waals surface area contributed by atoms with Crippen LogP contribution in [0.25, 0.3) is 10.9 Å².